The lowest BCUT2D eigenvalue weighted by molar-refractivity contribution is -0.139. The molecule has 7 nitrogen and oxygen atoms in total. The minimum Gasteiger partial charge on any atom is -0.493 e. The van der Waals surface area contributed by atoms with Gasteiger partial charge in [0.1, 0.15) is 17.5 Å². The van der Waals surface area contributed by atoms with E-state index < -0.39 is 11.7 Å². The van der Waals surface area contributed by atoms with Gasteiger partial charge in [-0.1, -0.05) is 0 Å². The standard InChI is InChI=1S/C22H22F3N5O2/c1-29-8-6-16-20(27-19(13-26)28-21(16)29)15-2-3-18(17(12-15)22(23,24)25)32-11-7-14-4-9-30(31)10-5-14/h2-3,6,8,12,14,31H,4-5,7,9-11H2,1H3. The van der Waals surface area contributed by atoms with Gasteiger partial charge < -0.3 is 14.5 Å². The maximum absolute atomic E-state index is 13.8. The summed E-state index contributed by atoms with van der Waals surface area (Å²) in [5.41, 5.74) is 0.0748. The van der Waals surface area contributed by atoms with Crippen molar-refractivity contribution in [1.82, 2.24) is 19.6 Å². The second kappa shape index (κ2) is 8.76. The van der Waals surface area contributed by atoms with Crippen LogP contribution in [0.1, 0.15) is 30.7 Å². The number of alkyl halides is 3. The van der Waals surface area contributed by atoms with Crippen molar-refractivity contribution < 1.29 is 23.1 Å². The predicted octanol–water partition coefficient (Wildman–Crippen LogP) is 4.40. The summed E-state index contributed by atoms with van der Waals surface area (Å²) < 4.78 is 48.7. The van der Waals surface area contributed by atoms with E-state index in [1.165, 1.54) is 17.2 Å². The van der Waals surface area contributed by atoms with Crippen LogP contribution in [0.2, 0.25) is 0 Å². The Morgan fingerprint density at radius 2 is 1.97 bits per heavy atom. The van der Waals surface area contributed by atoms with Crippen LogP contribution in [0.5, 0.6) is 5.75 Å². The smallest absolute Gasteiger partial charge is 0.419 e. The van der Waals surface area contributed by atoms with Crippen LogP contribution in [0, 0.1) is 17.2 Å². The third-order valence-electron chi connectivity index (χ3n) is 5.76. The van der Waals surface area contributed by atoms with E-state index in [-0.39, 0.29) is 29.4 Å². The summed E-state index contributed by atoms with van der Waals surface area (Å²) >= 11 is 0. The van der Waals surface area contributed by atoms with Crippen molar-refractivity contribution in [3.05, 3.63) is 41.9 Å². The molecule has 1 fully saturated rings. The Hall–Kier alpha value is -3.16. The third kappa shape index (κ3) is 4.54. The molecule has 3 heterocycles. The molecule has 1 aliphatic heterocycles. The zero-order valence-electron chi connectivity index (χ0n) is 17.4. The molecule has 0 saturated carbocycles. The zero-order valence-corrected chi connectivity index (χ0v) is 17.4. The summed E-state index contributed by atoms with van der Waals surface area (Å²) in [6, 6.07) is 7.40. The quantitative estimate of drug-likeness (QED) is 0.627. The van der Waals surface area contributed by atoms with Gasteiger partial charge in [-0.15, -0.1) is 0 Å². The van der Waals surface area contributed by atoms with Crippen molar-refractivity contribution in [3.8, 4) is 23.1 Å². The Balaban J connectivity index is 1.62. The average molecular weight is 445 g/mol. The Labute approximate surface area is 182 Å². The van der Waals surface area contributed by atoms with E-state index in [0.717, 1.165) is 18.9 Å². The van der Waals surface area contributed by atoms with E-state index in [9.17, 15) is 23.6 Å². The number of benzene rings is 1. The predicted molar refractivity (Wildman–Crippen MR) is 110 cm³/mol. The molecule has 1 aromatic carbocycles. The van der Waals surface area contributed by atoms with Gasteiger partial charge in [-0.25, -0.2) is 9.97 Å². The lowest BCUT2D eigenvalue weighted by atomic mass is 9.95. The number of ether oxygens (including phenoxy) is 1. The van der Waals surface area contributed by atoms with E-state index in [0.29, 0.717) is 36.5 Å². The summed E-state index contributed by atoms with van der Waals surface area (Å²) in [4.78, 5) is 8.31. The Morgan fingerprint density at radius 3 is 2.66 bits per heavy atom. The van der Waals surface area contributed by atoms with Crippen molar-refractivity contribution >= 4 is 11.0 Å². The summed E-state index contributed by atoms with van der Waals surface area (Å²) in [6.07, 6.45) is -0.712. The lowest BCUT2D eigenvalue weighted by Crippen LogP contribution is -2.31. The largest absolute Gasteiger partial charge is 0.493 e. The molecule has 0 radical (unpaired) electrons. The highest BCUT2D eigenvalue weighted by Gasteiger charge is 2.35. The SMILES string of the molecule is Cn1ccc2c(-c3ccc(OCCC4CCN(O)CC4)c(C(F)(F)F)c3)nc(C#N)nc21. The first-order chi connectivity index (χ1) is 15.3. The molecule has 4 rings (SSSR count). The summed E-state index contributed by atoms with van der Waals surface area (Å²) in [5.74, 6) is -0.0411. The number of hydrogen-bond acceptors (Lipinski definition) is 6. The molecule has 0 unspecified atom stereocenters. The van der Waals surface area contributed by atoms with Crippen molar-refractivity contribution in [1.29, 1.82) is 5.26 Å². The molecule has 1 saturated heterocycles. The monoisotopic (exact) mass is 445 g/mol. The molecule has 0 atom stereocenters. The molecule has 32 heavy (non-hydrogen) atoms. The first-order valence-electron chi connectivity index (χ1n) is 10.3. The molecule has 0 aliphatic carbocycles. The first-order valence-corrected chi connectivity index (χ1v) is 10.3. The Kier molecular flexibility index (Phi) is 6.04. The maximum atomic E-state index is 13.8. The fraction of sp³-hybridized carbons (Fsp3) is 0.409. The number of piperidine rings is 1. The van der Waals surface area contributed by atoms with Crippen molar-refractivity contribution in [2.45, 2.75) is 25.4 Å². The fourth-order valence-electron chi connectivity index (χ4n) is 3.98. The lowest BCUT2D eigenvalue weighted by Gasteiger charge is -2.27. The molecule has 1 aliphatic rings. The molecule has 0 spiro atoms. The van der Waals surface area contributed by atoms with E-state index >= 15 is 0 Å². The minimum absolute atomic E-state index is 0.114. The molecule has 3 aromatic rings. The molecule has 1 N–H and O–H groups in total. The molecular formula is C22H22F3N5O2. The third-order valence-corrected chi connectivity index (χ3v) is 5.76. The van der Waals surface area contributed by atoms with Crippen LogP contribution in [0.3, 0.4) is 0 Å². The van der Waals surface area contributed by atoms with E-state index in [1.807, 2.05) is 6.07 Å². The van der Waals surface area contributed by atoms with E-state index in [4.69, 9.17) is 4.74 Å². The summed E-state index contributed by atoms with van der Waals surface area (Å²) in [5, 5.41) is 20.5. The van der Waals surface area contributed by atoms with E-state index in [2.05, 4.69) is 9.97 Å². The zero-order chi connectivity index (χ0) is 22.9. The van der Waals surface area contributed by atoms with Crippen molar-refractivity contribution in [2.75, 3.05) is 19.7 Å². The summed E-state index contributed by atoms with van der Waals surface area (Å²) in [7, 11) is 1.74. The number of fused-ring (bicyclic) bond motifs is 1. The number of hydroxylamine groups is 2. The van der Waals surface area contributed by atoms with Crippen LogP contribution in [-0.4, -0.2) is 44.5 Å². The minimum atomic E-state index is -4.62. The Bertz CT molecular complexity index is 1160. The number of aryl methyl sites for hydroxylation is 1. The normalized spacial score (nSPS) is 15.8. The van der Waals surface area contributed by atoms with Crippen LogP contribution < -0.4 is 4.74 Å². The van der Waals surface area contributed by atoms with Gasteiger partial charge in [0.25, 0.3) is 0 Å². The van der Waals surface area contributed by atoms with Gasteiger partial charge in [-0.3, -0.25) is 0 Å². The number of aromatic nitrogens is 3. The molecule has 2 aromatic heterocycles. The molecule has 0 amide bonds. The van der Waals surface area contributed by atoms with Gasteiger partial charge in [0.05, 0.1) is 17.9 Å². The number of nitriles is 1. The van der Waals surface area contributed by atoms with Crippen LogP contribution in [0.25, 0.3) is 22.3 Å². The van der Waals surface area contributed by atoms with Gasteiger partial charge in [0, 0.05) is 37.3 Å². The van der Waals surface area contributed by atoms with E-state index in [1.54, 1.807) is 23.9 Å². The van der Waals surface area contributed by atoms with Crippen LogP contribution in [0.15, 0.2) is 30.5 Å². The first kappa shape index (κ1) is 22.0. The fourth-order valence-corrected chi connectivity index (χ4v) is 3.98. The topological polar surface area (TPSA) is 87.2 Å². The molecule has 10 heteroatoms. The van der Waals surface area contributed by atoms with Gasteiger partial charge in [0.15, 0.2) is 0 Å². The Morgan fingerprint density at radius 1 is 1.22 bits per heavy atom. The second-order valence-electron chi connectivity index (χ2n) is 7.91. The van der Waals surface area contributed by atoms with Gasteiger partial charge in [-0.2, -0.15) is 23.5 Å². The van der Waals surface area contributed by atoms with Gasteiger partial charge in [0.2, 0.25) is 5.82 Å². The van der Waals surface area contributed by atoms with Crippen LogP contribution >= 0.6 is 0 Å². The number of hydrogen-bond donors (Lipinski definition) is 1. The van der Waals surface area contributed by atoms with Crippen molar-refractivity contribution in [2.24, 2.45) is 13.0 Å². The highest BCUT2D eigenvalue weighted by molar-refractivity contribution is 5.91. The number of nitrogens with zero attached hydrogens (tertiary/aromatic N) is 5. The number of halogens is 3. The van der Waals surface area contributed by atoms with Gasteiger partial charge >= 0.3 is 6.18 Å². The highest BCUT2D eigenvalue weighted by Crippen LogP contribution is 2.40. The number of rotatable bonds is 5. The van der Waals surface area contributed by atoms with Gasteiger partial charge in [-0.05, 0) is 49.4 Å². The molecule has 168 valence electrons. The molecule has 0 bridgehead atoms. The van der Waals surface area contributed by atoms with Crippen LogP contribution in [0.4, 0.5) is 13.2 Å². The van der Waals surface area contributed by atoms with Crippen molar-refractivity contribution in [3.63, 3.8) is 0 Å². The van der Waals surface area contributed by atoms with Crippen LogP contribution in [-0.2, 0) is 13.2 Å². The maximum Gasteiger partial charge on any atom is 0.419 e. The average Bonchev–Trinajstić information content (AvgIpc) is 3.14. The summed E-state index contributed by atoms with van der Waals surface area (Å²) in [6.45, 7) is 1.28. The second-order valence-corrected chi connectivity index (χ2v) is 7.91. The molecular weight excluding hydrogens is 423 g/mol. The highest BCUT2D eigenvalue weighted by atomic mass is 19.4.